The summed E-state index contributed by atoms with van der Waals surface area (Å²) in [6.45, 7) is -0.464. The van der Waals surface area contributed by atoms with Crippen molar-refractivity contribution in [3.8, 4) is 5.75 Å². The molecule has 0 heterocycles. The molecule has 0 aliphatic rings. The van der Waals surface area contributed by atoms with Crippen LogP contribution in [-0.2, 0) is 29.1 Å². The number of ether oxygens (including phenoxy) is 1. The molecule has 0 saturated heterocycles. The first-order valence-electron chi connectivity index (χ1n) is 5.16. The quantitative estimate of drug-likeness (QED) is 0.302. The predicted octanol–water partition coefficient (Wildman–Crippen LogP) is 0.0661. The Morgan fingerprint density at radius 1 is 1.15 bits per heavy atom. The van der Waals surface area contributed by atoms with E-state index in [1.54, 1.807) is 0 Å². The smallest absolute Gasteiger partial charge is 0.296 e. The van der Waals surface area contributed by atoms with Crippen molar-refractivity contribution in [2.45, 2.75) is 4.90 Å². The van der Waals surface area contributed by atoms with Crippen molar-refractivity contribution >= 4 is 26.2 Å². The van der Waals surface area contributed by atoms with E-state index in [4.69, 9.17) is 4.74 Å². The molecule has 0 fully saturated rings. The van der Waals surface area contributed by atoms with Gasteiger partial charge in [0.15, 0.2) is 0 Å². The highest BCUT2D eigenvalue weighted by Crippen LogP contribution is 2.24. The van der Waals surface area contributed by atoms with Crippen LogP contribution in [0.5, 0.6) is 5.75 Å². The fourth-order valence-corrected chi connectivity index (χ4v) is 2.42. The Morgan fingerprint density at radius 2 is 1.80 bits per heavy atom. The second kappa shape index (κ2) is 6.62. The van der Waals surface area contributed by atoms with Crippen molar-refractivity contribution < 1.29 is 30.6 Å². The van der Waals surface area contributed by atoms with Gasteiger partial charge in [-0.15, -0.1) is 0 Å². The van der Waals surface area contributed by atoms with Crippen LogP contribution in [0.3, 0.4) is 0 Å². The number of para-hydroxylation sites is 1. The van der Waals surface area contributed by atoms with Gasteiger partial charge >= 0.3 is 0 Å². The van der Waals surface area contributed by atoms with E-state index in [-0.39, 0.29) is 23.9 Å². The zero-order chi connectivity index (χ0) is 15.2. The molecule has 0 radical (unpaired) electrons. The van der Waals surface area contributed by atoms with Crippen molar-refractivity contribution in [3.05, 3.63) is 24.3 Å². The van der Waals surface area contributed by atoms with E-state index >= 15 is 0 Å². The Hall–Kier alpha value is -1.74. The number of hydrogen-bond acceptors (Lipinski definition) is 7. The normalized spacial score (nSPS) is 11.7. The van der Waals surface area contributed by atoms with Crippen LogP contribution in [0.1, 0.15) is 0 Å². The summed E-state index contributed by atoms with van der Waals surface area (Å²) in [5.74, 6) is -0.0661. The maximum atomic E-state index is 11.6. The minimum absolute atomic E-state index is 0.0661. The summed E-state index contributed by atoms with van der Waals surface area (Å²) in [4.78, 5) is 9.76. The van der Waals surface area contributed by atoms with Gasteiger partial charge in [0.05, 0.1) is 6.26 Å². The second-order valence-electron chi connectivity index (χ2n) is 3.48. The number of benzene rings is 1. The fourth-order valence-electron chi connectivity index (χ4n) is 1.22. The van der Waals surface area contributed by atoms with Gasteiger partial charge in [-0.1, -0.05) is 16.5 Å². The summed E-state index contributed by atoms with van der Waals surface area (Å²) >= 11 is 0. The molecule has 8 nitrogen and oxygen atoms in total. The van der Waals surface area contributed by atoms with E-state index in [9.17, 15) is 21.6 Å². The molecule has 0 atom stereocenters. The van der Waals surface area contributed by atoms with Gasteiger partial charge < -0.3 is 4.74 Å². The zero-order valence-corrected chi connectivity index (χ0v) is 12.0. The number of nitrogens with zero attached hydrogens (tertiary/aromatic N) is 1. The zero-order valence-electron chi connectivity index (χ0n) is 10.3. The van der Waals surface area contributed by atoms with Crippen molar-refractivity contribution in [2.75, 3.05) is 19.5 Å². The van der Waals surface area contributed by atoms with Gasteiger partial charge in [-0.2, -0.15) is 16.8 Å². The van der Waals surface area contributed by atoms with E-state index in [0.29, 0.717) is 0 Å². The van der Waals surface area contributed by atoms with Crippen LogP contribution in [0, 0.1) is 0 Å². The number of carbonyl (C=O) groups excluding carboxylic acids is 1. The van der Waals surface area contributed by atoms with Crippen LogP contribution in [0.15, 0.2) is 33.6 Å². The van der Waals surface area contributed by atoms with Gasteiger partial charge in [0.25, 0.3) is 26.2 Å². The average Bonchev–Trinajstić information content (AvgIpc) is 2.34. The molecule has 10 heteroatoms. The van der Waals surface area contributed by atoms with Crippen LogP contribution < -0.4 is 4.74 Å². The van der Waals surface area contributed by atoms with Crippen molar-refractivity contribution in [3.63, 3.8) is 0 Å². The predicted molar refractivity (Wildman–Crippen MR) is 68.0 cm³/mol. The molecule has 0 unspecified atom stereocenters. The van der Waals surface area contributed by atoms with Gasteiger partial charge in [-0.05, 0) is 12.1 Å². The molecule has 20 heavy (non-hydrogen) atoms. The molecule has 0 amide bonds. The van der Waals surface area contributed by atoms with Crippen LogP contribution in [0.4, 0.5) is 0 Å². The molecule has 0 bridgehead atoms. The number of hydrogen-bond donors (Lipinski definition) is 0. The third kappa shape index (κ3) is 5.10. The fraction of sp³-hybridized carbons (Fsp3) is 0.300. The summed E-state index contributed by atoms with van der Waals surface area (Å²) in [5.41, 5.74) is 0. The Kier molecular flexibility index (Phi) is 5.40. The topological polar surface area (TPSA) is 116 Å². The number of sulfonamides is 1. The third-order valence-electron chi connectivity index (χ3n) is 1.92. The Bertz CT molecular complexity index is 718. The highest BCUT2D eigenvalue weighted by Gasteiger charge is 2.18. The molecule has 1 aromatic carbocycles. The standard InChI is InChI=1S/C10H11NO7S2/c1-19(13,14)18-7-6-17-9-4-2-3-5-10(9)20(15,16)11-8-12/h2-5H,6-7H2,1H3. The molecule has 1 aromatic rings. The van der Waals surface area contributed by atoms with Crippen molar-refractivity contribution in [2.24, 2.45) is 4.40 Å². The van der Waals surface area contributed by atoms with Crippen molar-refractivity contribution in [1.29, 1.82) is 0 Å². The lowest BCUT2D eigenvalue weighted by molar-refractivity contribution is 0.219. The highest BCUT2D eigenvalue weighted by molar-refractivity contribution is 7.90. The van der Waals surface area contributed by atoms with E-state index in [2.05, 4.69) is 8.58 Å². The molecular formula is C10H11NO7S2. The maximum Gasteiger partial charge on any atom is 0.296 e. The van der Waals surface area contributed by atoms with Gasteiger partial charge in [0.2, 0.25) is 0 Å². The van der Waals surface area contributed by atoms with E-state index < -0.39 is 20.1 Å². The molecule has 0 N–H and O–H groups in total. The molecule has 0 aromatic heterocycles. The minimum Gasteiger partial charge on any atom is -0.490 e. The van der Waals surface area contributed by atoms with E-state index in [1.807, 2.05) is 0 Å². The van der Waals surface area contributed by atoms with Gasteiger partial charge in [0, 0.05) is 0 Å². The molecule has 0 saturated carbocycles. The van der Waals surface area contributed by atoms with Gasteiger partial charge in [0.1, 0.15) is 23.9 Å². The molecule has 1 rings (SSSR count). The molecule has 0 spiro atoms. The van der Waals surface area contributed by atoms with Gasteiger partial charge in [-0.25, -0.2) is 4.79 Å². The largest absolute Gasteiger partial charge is 0.490 e. The lowest BCUT2D eigenvalue weighted by atomic mass is 10.3. The van der Waals surface area contributed by atoms with Crippen LogP contribution in [-0.4, -0.2) is 42.4 Å². The maximum absolute atomic E-state index is 11.6. The first kappa shape index (κ1) is 16.3. The third-order valence-corrected chi connectivity index (χ3v) is 3.73. The number of rotatable bonds is 7. The summed E-state index contributed by atoms with van der Waals surface area (Å²) in [7, 11) is -7.78. The van der Waals surface area contributed by atoms with Gasteiger partial charge in [-0.3, -0.25) is 4.18 Å². The first-order valence-corrected chi connectivity index (χ1v) is 8.42. The molecular weight excluding hydrogens is 310 g/mol. The first-order chi connectivity index (χ1) is 9.26. The summed E-state index contributed by atoms with van der Waals surface area (Å²) in [6.07, 6.45) is 1.83. The summed E-state index contributed by atoms with van der Waals surface area (Å²) < 4.78 is 56.9. The van der Waals surface area contributed by atoms with Crippen LogP contribution >= 0.6 is 0 Å². The van der Waals surface area contributed by atoms with Crippen LogP contribution in [0.25, 0.3) is 0 Å². The highest BCUT2D eigenvalue weighted by atomic mass is 32.2. The second-order valence-corrected chi connectivity index (χ2v) is 6.70. The lowest BCUT2D eigenvalue weighted by Gasteiger charge is -2.09. The van der Waals surface area contributed by atoms with Crippen molar-refractivity contribution in [1.82, 2.24) is 0 Å². The Labute approximate surface area is 116 Å². The summed E-state index contributed by atoms with van der Waals surface area (Å²) in [6, 6.07) is 5.47. The minimum atomic E-state index is -4.19. The van der Waals surface area contributed by atoms with Crippen LogP contribution in [0.2, 0.25) is 0 Å². The lowest BCUT2D eigenvalue weighted by Crippen LogP contribution is -2.12. The summed E-state index contributed by atoms with van der Waals surface area (Å²) in [5, 5.41) is 0. The molecule has 110 valence electrons. The number of isocyanates is 1. The Balaban J connectivity index is 2.85. The SMILES string of the molecule is CS(=O)(=O)OCCOc1ccccc1S(=O)(=O)N=C=O. The van der Waals surface area contributed by atoms with E-state index in [0.717, 1.165) is 12.3 Å². The van der Waals surface area contributed by atoms with E-state index in [1.165, 1.54) is 24.3 Å². The monoisotopic (exact) mass is 321 g/mol. The molecule has 0 aliphatic heterocycles. The Morgan fingerprint density at radius 3 is 2.40 bits per heavy atom. The average molecular weight is 321 g/mol. The molecule has 0 aliphatic carbocycles.